The van der Waals surface area contributed by atoms with E-state index in [1.807, 2.05) is 6.92 Å². The Hall–Kier alpha value is -1.95. The van der Waals surface area contributed by atoms with Gasteiger partial charge in [-0.1, -0.05) is 6.07 Å². The van der Waals surface area contributed by atoms with Gasteiger partial charge in [-0.3, -0.25) is 4.79 Å². The van der Waals surface area contributed by atoms with Gasteiger partial charge in [-0.25, -0.2) is 9.37 Å². The van der Waals surface area contributed by atoms with E-state index < -0.39 is 5.97 Å². The number of carboxylic acids is 1. The molecule has 0 aliphatic carbocycles. The average Bonchev–Trinajstić information content (AvgIpc) is 2.79. The Morgan fingerprint density at radius 1 is 1.53 bits per heavy atom. The third-order valence-corrected chi connectivity index (χ3v) is 3.32. The number of aromatic nitrogens is 1. The number of anilines is 2. The molecule has 0 amide bonds. The van der Waals surface area contributed by atoms with Crippen LogP contribution in [-0.4, -0.2) is 16.1 Å². The monoisotopic (exact) mass is 280 g/mol. The second-order valence-corrected chi connectivity index (χ2v) is 5.00. The molecule has 2 N–H and O–H groups in total. The van der Waals surface area contributed by atoms with E-state index in [4.69, 9.17) is 5.11 Å². The van der Waals surface area contributed by atoms with Crippen molar-refractivity contribution in [3.8, 4) is 0 Å². The van der Waals surface area contributed by atoms with Crippen molar-refractivity contribution >= 4 is 28.1 Å². The van der Waals surface area contributed by atoms with Gasteiger partial charge >= 0.3 is 5.97 Å². The fraction of sp³-hybridized carbons (Fsp3) is 0.231. The highest BCUT2D eigenvalue weighted by Gasteiger charge is 2.07. The molecule has 2 aromatic rings. The number of carboxylic acid groups (broad SMARTS) is 1. The normalized spacial score (nSPS) is 10.4. The van der Waals surface area contributed by atoms with Crippen LogP contribution in [0.3, 0.4) is 0 Å². The zero-order valence-electron chi connectivity index (χ0n) is 10.3. The molecule has 0 radical (unpaired) electrons. The largest absolute Gasteiger partial charge is 0.481 e. The summed E-state index contributed by atoms with van der Waals surface area (Å²) in [6.45, 7) is 1.88. The molecule has 6 heteroatoms. The quantitative estimate of drug-likeness (QED) is 0.881. The molecular weight excluding hydrogens is 267 g/mol. The minimum atomic E-state index is -0.854. The third-order valence-electron chi connectivity index (χ3n) is 2.51. The minimum absolute atomic E-state index is 0.0436. The molecular formula is C13H13FN2O2S. The van der Waals surface area contributed by atoms with Crippen molar-refractivity contribution in [2.75, 3.05) is 5.32 Å². The van der Waals surface area contributed by atoms with Crippen molar-refractivity contribution in [1.29, 1.82) is 0 Å². The van der Waals surface area contributed by atoms with Crippen LogP contribution < -0.4 is 5.32 Å². The van der Waals surface area contributed by atoms with E-state index in [0.29, 0.717) is 22.9 Å². The van der Waals surface area contributed by atoms with Crippen LogP contribution in [0, 0.1) is 12.7 Å². The summed E-state index contributed by atoms with van der Waals surface area (Å²) < 4.78 is 13.6. The number of hydrogen-bond acceptors (Lipinski definition) is 4. The summed E-state index contributed by atoms with van der Waals surface area (Å²) in [6, 6.07) is 4.80. The average molecular weight is 280 g/mol. The van der Waals surface area contributed by atoms with Crippen molar-refractivity contribution in [3.05, 3.63) is 40.7 Å². The van der Waals surface area contributed by atoms with E-state index in [2.05, 4.69) is 10.3 Å². The maximum Gasteiger partial charge on any atom is 0.303 e. The lowest BCUT2D eigenvalue weighted by molar-refractivity contribution is -0.136. The topological polar surface area (TPSA) is 62.2 Å². The zero-order chi connectivity index (χ0) is 13.8. The maximum atomic E-state index is 13.6. The van der Waals surface area contributed by atoms with Crippen molar-refractivity contribution in [3.63, 3.8) is 0 Å². The SMILES string of the molecule is Cc1ccc(F)c(Nc2nc(CCC(=O)O)cs2)c1. The van der Waals surface area contributed by atoms with Crippen molar-refractivity contribution in [2.24, 2.45) is 0 Å². The van der Waals surface area contributed by atoms with Gasteiger partial charge in [0.25, 0.3) is 0 Å². The number of carbonyl (C=O) groups is 1. The van der Waals surface area contributed by atoms with Gasteiger partial charge in [-0.2, -0.15) is 0 Å². The molecule has 0 fully saturated rings. The van der Waals surface area contributed by atoms with Crippen molar-refractivity contribution in [2.45, 2.75) is 19.8 Å². The maximum absolute atomic E-state index is 13.6. The first-order chi connectivity index (χ1) is 9.04. The van der Waals surface area contributed by atoms with Crippen LogP contribution in [0.25, 0.3) is 0 Å². The first-order valence-electron chi connectivity index (χ1n) is 5.74. The standard InChI is InChI=1S/C13H13FN2O2S/c1-8-2-4-10(14)11(6-8)16-13-15-9(7-19-13)3-5-12(17)18/h2,4,6-7H,3,5H2,1H3,(H,15,16)(H,17,18). The van der Waals surface area contributed by atoms with E-state index >= 15 is 0 Å². The lowest BCUT2D eigenvalue weighted by Gasteiger charge is -2.04. The number of nitrogens with one attached hydrogen (secondary N) is 1. The number of nitrogens with zero attached hydrogens (tertiary/aromatic N) is 1. The van der Waals surface area contributed by atoms with E-state index in [0.717, 1.165) is 5.56 Å². The Labute approximate surface area is 113 Å². The number of hydrogen-bond donors (Lipinski definition) is 2. The first-order valence-corrected chi connectivity index (χ1v) is 6.62. The Balaban J connectivity index is 2.07. The van der Waals surface area contributed by atoms with Gasteiger partial charge in [0.1, 0.15) is 5.82 Å². The summed E-state index contributed by atoms with van der Waals surface area (Å²) in [6.07, 6.45) is 0.422. The van der Waals surface area contributed by atoms with Gasteiger partial charge in [0.2, 0.25) is 0 Å². The van der Waals surface area contributed by atoms with Gasteiger partial charge in [0.15, 0.2) is 5.13 Å². The molecule has 0 aliphatic heterocycles. The van der Waals surface area contributed by atoms with Crippen LogP contribution in [0.1, 0.15) is 17.7 Å². The Kier molecular flexibility index (Phi) is 4.11. The molecule has 0 unspecified atom stereocenters. The molecule has 0 saturated heterocycles. The third kappa shape index (κ3) is 3.75. The molecule has 100 valence electrons. The molecule has 2 rings (SSSR count). The van der Waals surface area contributed by atoms with Crippen LogP contribution in [0.2, 0.25) is 0 Å². The van der Waals surface area contributed by atoms with Gasteiger partial charge in [0.05, 0.1) is 17.8 Å². The van der Waals surface area contributed by atoms with Crippen LogP contribution in [0.15, 0.2) is 23.6 Å². The fourth-order valence-electron chi connectivity index (χ4n) is 1.56. The molecule has 1 aromatic heterocycles. The summed E-state index contributed by atoms with van der Waals surface area (Å²) in [5.41, 5.74) is 2.02. The molecule has 0 spiro atoms. The summed E-state index contributed by atoms with van der Waals surface area (Å²) in [7, 11) is 0. The van der Waals surface area contributed by atoms with Gasteiger partial charge < -0.3 is 10.4 Å². The number of aryl methyl sites for hydroxylation is 2. The molecule has 0 atom stereocenters. The van der Waals surface area contributed by atoms with Gasteiger partial charge in [-0.05, 0) is 24.6 Å². The summed E-state index contributed by atoms with van der Waals surface area (Å²) in [5, 5.41) is 13.8. The lowest BCUT2D eigenvalue weighted by Crippen LogP contribution is -1.98. The van der Waals surface area contributed by atoms with Crippen molar-refractivity contribution in [1.82, 2.24) is 4.98 Å². The Morgan fingerprint density at radius 3 is 3.05 bits per heavy atom. The highest BCUT2D eigenvalue weighted by molar-refractivity contribution is 7.13. The van der Waals surface area contributed by atoms with Gasteiger partial charge in [-0.15, -0.1) is 11.3 Å². The zero-order valence-corrected chi connectivity index (χ0v) is 11.1. The molecule has 19 heavy (non-hydrogen) atoms. The van der Waals surface area contributed by atoms with E-state index in [9.17, 15) is 9.18 Å². The molecule has 0 bridgehead atoms. The number of thiazole rings is 1. The molecule has 4 nitrogen and oxygen atoms in total. The number of benzene rings is 1. The number of rotatable bonds is 5. The van der Waals surface area contributed by atoms with E-state index in [1.165, 1.54) is 17.4 Å². The predicted molar refractivity (Wildman–Crippen MR) is 72.5 cm³/mol. The molecule has 1 aromatic carbocycles. The highest BCUT2D eigenvalue weighted by atomic mass is 32.1. The van der Waals surface area contributed by atoms with Gasteiger partial charge in [0, 0.05) is 11.8 Å². The summed E-state index contributed by atoms with van der Waals surface area (Å²) >= 11 is 1.33. The summed E-state index contributed by atoms with van der Waals surface area (Å²) in [5.74, 6) is -1.19. The molecule has 0 saturated carbocycles. The predicted octanol–water partition coefficient (Wildman–Crippen LogP) is 3.35. The summed E-state index contributed by atoms with van der Waals surface area (Å²) in [4.78, 5) is 14.7. The smallest absolute Gasteiger partial charge is 0.303 e. The minimum Gasteiger partial charge on any atom is -0.481 e. The van der Waals surface area contributed by atoms with Crippen molar-refractivity contribution < 1.29 is 14.3 Å². The van der Waals surface area contributed by atoms with E-state index in [-0.39, 0.29) is 12.2 Å². The Bertz CT molecular complexity index is 598. The van der Waals surface area contributed by atoms with Crippen LogP contribution in [0.5, 0.6) is 0 Å². The lowest BCUT2D eigenvalue weighted by atomic mass is 10.2. The number of aliphatic carboxylic acids is 1. The van der Waals surface area contributed by atoms with E-state index in [1.54, 1.807) is 17.5 Å². The fourth-order valence-corrected chi connectivity index (χ4v) is 2.32. The molecule has 1 heterocycles. The Morgan fingerprint density at radius 2 is 2.32 bits per heavy atom. The van der Waals surface area contributed by atoms with Crippen LogP contribution in [-0.2, 0) is 11.2 Å². The molecule has 0 aliphatic rings. The second kappa shape index (κ2) is 5.79. The highest BCUT2D eigenvalue weighted by Crippen LogP contribution is 2.24. The first kappa shape index (κ1) is 13.5. The van der Waals surface area contributed by atoms with Crippen LogP contribution >= 0.6 is 11.3 Å². The van der Waals surface area contributed by atoms with Crippen LogP contribution in [0.4, 0.5) is 15.2 Å². The number of halogens is 1. The second-order valence-electron chi connectivity index (χ2n) is 4.15.